The third-order valence-electron chi connectivity index (χ3n) is 4.54. The highest BCUT2D eigenvalue weighted by atomic mass is 16.4. The van der Waals surface area contributed by atoms with Gasteiger partial charge in [0.25, 0.3) is 0 Å². The maximum absolute atomic E-state index is 12.3. The molecule has 1 aromatic carbocycles. The number of anilines is 1. The molecule has 116 valence electrons. The SMILES string of the molecule is CN1CCN(c2ccccc2C2(CC(=O)O)CC2)C(=O)C1=O. The fourth-order valence-electron chi connectivity index (χ4n) is 3.10. The summed E-state index contributed by atoms with van der Waals surface area (Å²) in [6.07, 6.45) is 1.65. The summed E-state index contributed by atoms with van der Waals surface area (Å²) in [5.41, 5.74) is 1.14. The van der Waals surface area contributed by atoms with E-state index in [2.05, 4.69) is 0 Å². The minimum absolute atomic E-state index is 0.0554. The Morgan fingerprint density at radius 2 is 1.86 bits per heavy atom. The molecule has 0 aromatic heterocycles. The molecule has 3 rings (SSSR count). The third-order valence-corrected chi connectivity index (χ3v) is 4.54. The quantitative estimate of drug-likeness (QED) is 0.842. The first-order valence-electron chi connectivity index (χ1n) is 7.33. The van der Waals surface area contributed by atoms with Crippen molar-refractivity contribution in [2.45, 2.75) is 24.7 Å². The zero-order chi connectivity index (χ0) is 15.9. The molecule has 1 saturated heterocycles. The lowest BCUT2D eigenvalue weighted by Crippen LogP contribution is -2.53. The number of hydrogen-bond acceptors (Lipinski definition) is 3. The Morgan fingerprint density at radius 3 is 2.50 bits per heavy atom. The lowest BCUT2D eigenvalue weighted by Gasteiger charge is -2.33. The first-order chi connectivity index (χ1) is 10.4. The Bertz CT molecular complexity index is 651. The average Bonchev–Trinajstić information content (AvgIpc) is 3.25. The number of likely N-dealkylation sites (N-methyl/N-ethyl adjacent to an activating group) is 1. The van der Waals surface area contributed by atoms with Crippen LogP contribution in [0.5, 0.6) is 0 Å². The summed E-state index contributed by atoms with van der Waals surface area (Å²) in [5.74, 6) is -1.91. The average molecular weight is 302 g/mol. The number of benzene rings is 1. The van der Waals surface area contributed by atoms with Gasteiger partial charge in [-0.25, -0.2) is 0 Å². The number of para-hydroxylation sites is 1. The number of piperazine rings is 1. The highest BCUT2D eigenvalue weighted by Gasteiger charge is 2.48. The molecule has 1 saturated carbocycles. The number of nitrogens with zero attached hydrogens (tertiary/aromatic N) is 2. The Kier molecular flexibility index (Phi) is 3.39. The van der Waals surface area contributed by atoms with Crippen molar-refractivity contribution in [1.82, 2.24) is 4.90 Å². The first-order valence-corrected chi connectivity index (χ1v) is 7.33. The van der Waals surface area contributed by atoms with Gasteiger partial charge in [-0.2, -0.15) is 0 Å². The highest BCUT2D eigenvalue weighted by Crippen LogP contribution is 2.53. The summed E-state index contributed by atoms with van der Waals surface area (Å²) in [6.45, 7) is 0.909. The van der Waals surface area contributed by atoms with E-state index in [9.17, 15) is 14.4 Å². The number of carboxylic acid groups (broad SMARTS) is 1. The van der Waals surface area contributed by atoms with E-state index in [4.69, 9.17) is 5.11 Å². The molecule has 1 aliphatic heterocycles. The second-order valence-corrected chi connectivity index (χ2v) is 6.05. The molecule has 0 radical (unpaired) electrons. The molecule has 2 amide bonds. The summed E-state index contributed by atoms with van der Waals surface area (Å²) >= 11 is 0. The first kappa shape index (κ1) is 14.6. The van der Waals surface area contributed by atoms with Crippen LogP contribution in [-0.4, -0.2) is 47.9 Å². The number of carboxylic acids is 1. The van der Waals surface area contributed by atoms with Gasteiger partial charge < -0.3 is 14.9 Å². The van der Waals surface area contributed by atoms with E-state index in [1.165, 1.54) is 9.80 Å². The summed E-state index contributed by atoms with van der Waals surface area (Å²) < 4.78 is 0. The molecule has 0 unspecified atom stereocenters. The number of hydrogen-bond donors (Lipinski definition) is 1. The van der Waals surface area contributed by atoms with Gasteiger partial charge in [0.1, 0.15) is 0 Å². The van der Waals surface area contributed by atoms with Crippen molar-refractivity contribution in [3.05, 3.63) is 29.8 Å². The Balaban J connectivity index is 1.97. The molecule has 0 atom stereocenters. The molecule has 6 nitrogen and oxygen atoms in total. The van der Waals surface area contributed by atoms with E-state index in [0.717, 1.165) is 18.4 Å². The van der Waals surface area contributed by atoms with Gasteiger partial charge in [-0.3, -0.25) is 14.4 Å². The van der Waals surface area contributed by atoms with Crippen molar-refractivity contribution in [3.8, 4) is 0 Å². The maximum Gasteiger partial charge on any atom is 0.316 e. The molecule has 1 N–H and O–H groups in total. The monoisotopic (exact) mass is 302 g/mol. The largest absolute Gasteiger partial charge is 0.481 e. The van der Waals surface area contributed by atoms with Gasteiger partial charge in [0.05, 0.1) is 6.42 Å². The van der Waals surface area contributed by atoms with Gasteiger partial charge in [0, 0.05) is 31.2 Å². The summed E-state index contributed by atoms with van der Waals surface area (Å²) in [7, 11) is 1.61. The van der Waals surface area contributed by atoms with Gasteiger partial charge in [0.2, 0.25) is 0 Å². The smallest absolute Gasteiger partial charge is 0.316 e. The van der Waals surface area contributed by atoms with Gasteiger partial charge in [0.15, 0.2) is 0 Å². The van der Waals surface area contributed by atoms with Crippen molar-refractivity contribution >= 4 is 23.5 Å². The van der Waals surface area contributed by atoms with E-state index < -0.39 is 23.2 Å². The minimum Gasteiger partial charge on any atom is -0.481 e. The van der Waals surface area contributed by atoms with Crippen LogP contribution in [0.2, 0.25) is 0 Å². The summed E-state index contributed by atoms with van der Waals surface area (Å²) in [4.78, 5) is 38.2. The van der Waals surface area contributed by atoms with Crippen LogP contribution in [0.15, 0.2) is 24.3 Å². The topological polar surface area (TPSA) is 77.9 Å². The molecular weight excluding hydrogens is 284 g/mol. The molecule has 1 aromatic rings. The third kappa shape index (κ3) is 2.34. The van der Waals surface area contributed by atoms with Gasteiger partial charge in [-0.15, -0.1) is 0 Å². The summed E-state index contributed by atoms with van der Waals surface area (Å²) in [6, 6.07) is 7.34. The van der Waals surface area contributed by atoms with Crippen LogP contribution >= 0.6 is 0 Å². The minimum atomic E-state index is -0.840. The van der Waals surface area contributed by atoms with Crippen LogP contribution in [0.1, 0.15) is 24.8 Å². The van der Waals surface area contributed by atoms with Crippen molar-refractivity contribution in [2.75, 3.05) is 25.0 Å². The normalized spacial score (nSPS) is 20.2. The molecule has 22 heavy (non-hydrogen) atoms. The Hall–Kier alpha value is -2.37. The fourth-order valence-corrected chi connectivity index (χ4v) is 3.10. The van der Waals surface area contributed by atoms with Crippen LogP contribution in [0, 0.1) is 0 Å². The fraction of sp³-hybridized carbons (Fsp3) is 0.438. The lowest BCUT2D eigenvalue weighted by atomic mass is 9.90. The molecule has 1 aliphatic carbocycles. The second kappa shape index (κ2) is 5.12. The van der Waals surface area contributed by atoms with Crippen molar-refractivity contribution < 1.29 is 19.5 Å². The number of rotatable bonds is 4. The molecule has 2 fully saturated rings. The van der Waals surface area contributed by atoms with E-state index in [-0.39, 0.29) is 6.42 Å². The zero-order valence-corrected chi connectivity index (χ0v) is 12.4. The predicted octanol–water partition coefficient (Wildman–Crippen LogP) is 0.998. The molecule has 0 bridgehead atoms. The maximum atomic E-state index is 12.3. The van der Waals surface area contributed by atoms with Crippen LogP contribution in [-0.2, 0) is 19.8 Å². The van der Waals surface area contributed by atoms with Crippen molar-refractivity contribution in [3.63, 3.8) is 0 Å². The summed E-state index contributed by atoms with van der Waals surface area (Å²) in [5, 5.41) is 9.14. The highest BCUT2D eigenvalue weighted by molar-refractivity contribution is 6.41. The van der Waals surface area contributed by atoms with Gasteiger partial charge >= 0.3 is 17.8 Å². The molecule has 2 aliphatic rings. The van der Waals surface area contributed by atoms with E-state index in [0.29, 0.717) is 18.8 Å². The van der Waals surface area contributed by atoms with Crippen molar-refractivity contribution in [1.29, 1.82) is 0 Å². The van der Waals surface area contributed by atoms with Crippen LogP contribution in [0.25, 0.3) is 0 Å². The number of amides is 2. The molecule has 1 heterocycles. The van der Waals surface area contributed by atoms with E-state index in [1.807, 2.05) is 18.2 Å². The van der Waals surface area contributed by atoms with E-state index >= 15 is 0 Å². The number of carbonyl (C=O) groups is 3. The van der Waals surface area contributed by atoms with Crippen LogP contribution < -0.4 is 4.90 Å². The number of aliphatic carboxylic acids is 1. The Labute approximate surface area is 128 Å². The Morgan fingerprint density at radius 1 is 1.18 bits per heavy atom. The number of carbonyl (C=O) groups excluding carboxylic acids is 2. The van der Waals surface area contributed by atoms with Crippen LogP contribution in [0.3, 0.4) is 0 Å². The molecule has 0 spiro atoms. The molecule has 6 heteroatoms. The van der Waals surface area contributed by atoms with Gasteiger partial charge in [-0.05, 0) is 24.5 Å². The lowest BCUT2D eigenvalue weighted by molar-refractivity contribution is -0.145. The predicted molar refractivity (Wildman–Crippen MR) is 79.6 cm³/mol. The standard InChI is InChI=1S/C16H18N2O4/c1-17-8-9-18(15(22)14(17)21)12-5-3-2-4-11(12)16(6-7-16)10-13(19)20/h2-5H,6-10H2,1H3,(H,19,20). The van der Waals surface area contributed by atoms with E-state index in [1.54, 1.807) is 13.1 Å². The van der Waals surface area contributed by atoms with Crippen molar-refractivity contribution in [2.24, 2.45) is 0 Å². The second-order valence-electron chi connectivity index (χ2n) is 6.05. The van der Waals surface area contributed by atoms with Gasteiger partial charge in [-0.1, -0.05) is 18.2 Å². The molecular formula is C16H18N2O4. The van der Waals surface area contributed by atoms with Crippen LogP contribution in [0.4, 0.5) is 5.69 Å². The zero-order valence-electron chi connectivity index (χ0n) is 12.4.